The number of ether oxygens (including phenoxy) is 1. The van der Waals surface area contributed by atoms with Gasteiger partial charge in [-0.25, -0.2) is 0 Å². The van der Waals surface area contributed by atoms with Crippen molar-refractivity contribution < 1.29 is 19.4 Å². The van der Waals surface area contributed by atoms with E-state index in [1.807, 2.05) is 6.92 Å². The van der Waals surface area contributed by atoms with Crippen molar-refractivity contribution in [2.45, 2.75) is 77.2 Å². The van der Waals surface area contributed by atoms with Crippen LogP contribution < -0.4 is 5.32 Å². The molecule has 0 radical (unpaired) electrons. The standard InChI is InChI=1S/C23H33NO4/c1-4-5-6-7-8-17(2)15-18(3)9-10-21(26)24-20-16-23(28-22(20)27)13-11-19(25)12-14-23/h9-15,17,20,22,27H,4-8,16H2,1-3H3,(H,24,26)/b10-9+,18-15+/t17-,20-,22?/m0/s1. The summed E-state index contributed by atoms with van der Waals surface area (Å²) in [6, 6.07) is -0.526. The Kier molecular flexibility index (Phi) is 8.39. The molecule has 28 heavy (non-hydrogen) atoms. The molecule has 2 N–H and O–H groups in total. The van der Waals surface area contributed by atoms with Crippen molar-refractivity contribution in [2.75, 3.05) is 0 Å². The first-order valence-corrected chi connectivity index (χ1v) is 10.3. The zero-order chi connectivity index (χ0) is 20.6. The number of hydrogen-bond acceptors (Lipinski definition) is 4. The van der Waals surface area contributed by atoms with Crippen LogP contribution in [0.3, 0.4) is 0 Å². The summed E-state index contributed by atoms with van der Waals surface area (Å²) in [4.78, 5) is 23.5. The topological polar surface area (TPSA) is 75.6 Å². The smallest absolute Gasteiger partial charge is 0.244 e. The number of aliphatic hydroxyl groups is 1. The molecule has 1 aliphatic carbocycles. The van der Waals surface area contributed by atoms with Crippen molar-refractivity contribution in [1.82, 2.24) is 5.32 Å². The molecule has 5 nitrogen and oxygen atoms in total. The number of amides is 1. The van der Waals surface area contributed by atoms with Gasteiger partial charge in [0.2, 0.25) is 5.91 Å². The van der Waals surface area contributed by atoms with Gasteiger partial charge in [0.1, 0.15) is 5.60 Å². The Morgan fingerprint density at radius 1 is 1.32 bits per heavy atom. The molecule has 0 aromatic rings. The van der Waals surface area contributed by atoms with Crippen molar-refractivity contribution in [3.05, 3.63) is 48.1 Å². The monoisotopic (exact) mass is 387 g/mol. The quantitative estimate of drug-likeness (QED) is 0.359. The average Bonchev–Trinajstić information content (AvgIpc) is 2.95. The predicted octanol–water partition coefficient (Wildman–Crippen LogP) is 3.75. The maximum Gasteiger partial charge on any atom is 0.244 e. The van der Waals surface area contributed by atoms with Gasteiger partial charge < -0.3 is 15.2 Å². The number of carbonyl (C=O) groups is 2. The fraction of sp³-hybridized carbons (Fsp3) is 0.565. The van der Waals surface area contributed by atoms with Crippen molar-refractivity contribution in [3.8, 4) is 0 Å². The molecule has 0 saturated carbocycles. The maximum absolute atomic E-state index is 12.2. The van der Waals surface area contributed by atoms with Gasteiger partial charge in [0.15, 0.2) is 12.1 Å². The van der Waals surface area contributed by atoms with E-state index in [-0.39, 0.29) is 11.7 Å². The van der Waals surface area contributed by atoms with E-state index in [0.717, 1.165) is 12.0 Å². The maximum atomic E-state index is 12.2. The number of unbranched alkanes of at least 4 members (excludes halogenated alkanes) is 3. The van der Waals surface area contributed by atoms with Crippen molar-refractivity contribution in [1.29, 1.82) is 0 Å². The normalized spacial score (nSPS) is 25.0. The molecule has 154 valence electrons. The number of aliphatic hydroxyl groups excluding tert-OH is 1. The number of allylic oxidation sites excluding steroid dienone is 5. The molecule has 5 heteroatoms. The third kappa shape index (κ3) is 6.88. The van der Waals surface area contributed by atoms with Crippen molar-refractivity contribution in [3.63, 3.8) is 0 Å². The molecule has 1 aliphatic heterocycles. The van der Waals surface area contributed by atoms with E-state index >= 15 is 0 Å². The molecule has 1 fully saturated rings. The van der Waals surface area contributed by atoms with E-state index in [9.17, 15) is 14.7 Å². The Morgan fingerprint density at radius 2 is 2.04 bits per heavy atom. The van der Waals surface area contributed by atoms with Gasteiger partial charge in [0.25, 0.3) is 0 Å². The number of carbonyl (C=O) groups excluding carboxylic acids is 2. The molecule has 0 bridgehead atoms. The van der Waals surface area contributed by atoms with Crippen LogP contribution in [-0.4, -0.2) is 34.7 Å². The highest BCUT2D eigenvalue weighted by molar-refractivity contribution is 6.00. The fourth-order valence-electron chi connectivity index (χ4n) is 3.61. The summed E-state index contributed by atoms with van der Waals surface area (Å²) < 4.78 is 5.56. The van der Waals surface area contributed by atoms with Gasteiger partial charge in [0.05, 0.1) is 6.04 Å². The summed E-state index contributed by atoms with van der Waals surface area (Å²) in [5.41, 5.74) is 0.229. The molecule has 2 aliphatic rings. The summed E-state index contributed by atoms with van der Waals surface area (Å²) in [6.07, 6.45) is 17.1. The van der Waals surface area contributed by atoms with Gasteiger partial charge in [-0.3, -0.25) is 9.59 Å². The van der Waals surface area contributed by atoms with Crippen LogP contribution in [-0.2, 0) is 14.3 Å². The third-order valence-corrected chi connectivity index (χ3v) is 5.17. The van der Waals surface area contributed by atoms with Crippen LogP contribution in [0.25, 0.3) is 0 Å². The molecular formula is C23H33NO4. The SMILES string of the molecule is CCCCCC[C@H](C)/C=C(C)/C=C/C(=O)N[C@H]1CC2(C=CC(=O)C=C2)OC1O. The number of rotatable bonds is 9. The van der Waals surface area contributed by atoms with Crippen LogP contribution in [0.4, 0.5) is 0 Å². The van der Waals surface area contributed by atoms with Gasteiger partial charge >= 0.3 is 0 Å². The highest BCUT2D eigenvalue weighted by Gasteiger charge is 2.44. The zero-order valence-corrected chi connectivity index (χ0v) is 17.2. The minimum absolute atomic E-state index is 0.110. The van der Waals surface area contributed by atoms with E-state index < -0.39 is 17.9 Å². The predicted molar refractivity (Wildman–Crippen MR) is 110 cm³/mol. The minimum Gasteiger partial charge on any atom is -0.366 e. The second-order valence-electron chi connectivity index (χ2n) is 7.92. The van der Waals surface area contributed by atoms with Gasteiger partial charge in [-0.1, -0.05) is 57.3 Å². The van der Waals surface area contributed by atoms with Gasteiger partial charge in [-0.15, -0.1) is 0 Å². The molecular weight excluding hydrogens is 354 g/mol. The van der Waals surface area contributed by atoms with E-state index in [1.54, 1.807) is 18.2 Å². The summed E-state index contributed by atoms with van der Waals surface area (Å²) in [6.45, 7) is 6.40. The van der Waals surface area contributed by atoms with Crippen molar-refractivity contribution in [2.24, 2.45) is 5.92 Å². The average molecular weight is 388 g/mol. The van der Waals surface area contributed by atoms with Crippen LogP contribution in [0, 0.1) is 5.92 Å². The lowest BCUT2D eigenvalue weighted by Crippen LogP contribution is -2.39. The second-order valence-corrected chi connectivity index (χ2v) is 7.92. The van der Waals surface area contributed by atoms with Crippen LogP contribution in [0.2, 0.25) is 0 Å². The molecule has 1 unspecified atom stereocenters. The first-order chi connectivity index (χ1) is 13.3. The van der Waals surface area contributed by atoms with Gasteiger partial charge in [-0.2, -0.15) is 0 Å². The Bertz CT molecular complexity index is 658. The highest BCUT2D eigenvalue weighted by Crippen LogP contribution is 2.34. The molecule has 2 rings (SSSR count). The summed E-state index contributed by atoms with van der Waals surface area (Å²) in [5, 5.41) is 12.9. The zero-order valence-electron chi connectivity index (χ0n) is 17.2. The number of nitrogens with one attached hydrogen (secondary N) is 1. The third-order valence-electron chi connectivity index (χ3n) is 5.17. The summed E-state index contributed by atoms with van der Waals surface area (Å²) in [7, 11) is 0. The summed E-state index contributed by atoms with van der Waals surface area (Å²) >= 11 is 0. The Labute approximate surface area is 168 Å². The Morgan fingerprint density at radius 3 is 2.71 bits per heavy atom. The number of ketones is 1. The molecule has 1 amide bonds. The van der Waals surface area contributed by atoms with E-state index in [4.69, 9.17) is 4.74 Å². The molecule has 0 aromatic heterocycles. The molecule has 1 spiro atoms. The van der Waals surface area contributed by atoms with Crippen LogP contribution in [0.15, 0.2) is 48.1 Å². The largest absolute Gasteiger partial charge is 0.366 e. The fourth-order valence-corrected chi connectivity index (χ4v) is 3.61. The second kappa shape index (κ2) is 10.5. The lowest BCUT2D eigenvalue weighted by atomic mass is 9.92. The lowest BCUT2D eigenvalue weighted by molar-refractivity contribution is -0.126. The first kappa shape index (κ1) is 22.3. The van der Waals surface area contributed by atoms with Crippen LogP contribution >= 0.6 is 0 Å². The Hall–Kier alpha value is -1.98. The van der Waals surface area contributed by atoms with E-state index in [0.29, 0.717) is 12.3 Å². The van der Waals surface area contributed by atoms with Gasteiger partial charge in [0, 0.05) is 12.5 Å². The molecule has 0 aromatic carbocycles. The van der Waals surface area contributed by atoms with Crippen molar-refractivity contribution >= 4 is 11.7 Å². The highest BCUT2D eigenvalue weighted by atomic mass is 16.6. The molecule has 1 saturated heterocycles. The van der Waals surface area contributed by atoms with Gasteiger partial charge in [-0.05, 0) is 43.6 Å². The van der Waals surface area contributed by atoms with E-state index in [1.165, 1.54) is 43.9 Å². The molecule has 1 heterocycles. The first-order valence-electron chi connectivity index (χ1n) is 10.3. The molecule has 3 atom stereocenters. The Balaban J connectivity index is 1.81. The van der Waals surface area contributed by atoms with Crippen LogP contribution in [0.5, 0.6) is 0 Å². The number of hydrogen-bond donors (Lipinski definition) is 2. The lowest BCUT2D eigenvalue weighted by Gasteiger charge is -2.22. The summed E-state index contributed by atoms with van der Waals surface area (Å²) in [5.74, 6) is 0.107. The minimum atomic E-state index is -1.11. The van der Waals surface area contributed by atoms with E-state index in [2.05, 4.69) is 25.2 Å². The van der Waals surface area contributed by atoms with Crippen LogP contribution in [0.1, 0.15) is 59.3 Å².